The lowest BCUT2D eigenvalue weighted by Crippen LogP contribution is -2.69. The zero-order valence-electron chi connectivity index (χ0n) is 17.4. The van der Waals surface area contributed by atoms with Gasteiger partial charge in [0.15, 0.2) is 0 Å². The monoisotopic (exact) mass is 444 g/mol. The molecule has 0 saturated carbocycles. The number of amides is 3. The minimum absolute atomic E-state index is 0.118. The number of benzene rings is 2. The van der Waals surface area contributed by atoms with E-state index in [0.29, 0.717) is 5.75 Å². The summed E-state index contributed by atoms with van der Waals surface area (Å²) in [7, 11) is 0. The maximum Gasteiger partial charge on any atom is 0.423 e. The number of carbonyl (C=O) groups excluding carboxylic acids is 3. The predicted octanol–water partition coefficient (Wildman–Crippen LogP) is 4.47. The molecule has 5 rings (SSSR count). The molecule has 166 valence electrons. The van der Waals surface area contributed by atoms with Gasteiger partial charge in [-0.2, -0.15) is 0 Å². The molecule has 2 saturated heterocycles. The van der Waals surface area contributed by atoms with E-state index in [2.05, 4.69) is 0 Å². The van der Waals surface area contributed by atoms with E-state index < -0.39 is 36.2 Å². The van der Waals surface area contributed by atoms with Crippen molar-refractivity contribution in [3.05, 3.63) is 96.5 Å². The van der Waals surface area contributed by atoms with Crippen molar-refractivity contribution in [3.8, 4) is 5.75 Å². The largest absolute Gasteiger partial charge is 0.472 e. The molecule has 2 aliphatic rings. The van der Waals surface area contributed by atoms with E-state index >= 15 is 0 Å². The van der Waals surface area contributed by atoms with Crippen molar-refractivity contribution in [2.24, 2.45) is 5.92 Å². The first kappa shape index (κ1) is 20.6. The topological polar surface area (TPSA) is 89.3 Å². The Morgan fingerprint density at radius 1 is 1.00 bits per heavy atom. The van der Waals surface area contributed by atoms with Gasteiger partial charge in [-0.05, 0) is 23.8 Å². The highest BCUT2D eigenvalue weighted by Gasteiger charge is 2.58. The van der Waals surface area contributed by atoms with E-state index in [4.69, 9.17) is 13.9 Å². The molecule has 3 heterocycles. The van der Waals surface area contributed by atoms with Crippen LogP contribution in [0.3, 0.4) is 0 Å². The maximum atomic E-state index is 13.0. The number of β-lactam (4-membered cyclic amide) rings is 1. The van der Waals surface area contributed by atoms with Crippen LogP contribution in [-0.4, -0.2) is 40.7 Å². The Balaban J connectivity index is 1.47. The van der Waals surface area contributed by atoms with E-state index in [1.54, 1.807) is 48.6 Å². The molecule has 1 aromatic heterocycles. The number of rotatable bonds is 5. The van der Waals surface area contributed by atoms with Gasteiger partial charge in [-0.15, -0.1) is 0 Å². The van der Waals surface area contributed by atoms with Gasteiger partial charge in [0.2, 0.25) is 5.91 Å². The van der Waals surface area contributed by atoms with Gasteiger partial charge in [0.05, 0.1) is 24.5 Å². The number of furan rings is 1. The van der Waals surface area contributed by atoms with Crippen molar-refractivity contribution in [2.75, 3.05) is 6.61 Å². The molecule has 8 nitrogen and oxygen atoms in total. The highest BCUT2D eigenvalue weighted by Crippen LogP contribution is 2.40. The second-order valence-corrected chi connectivity index (χ2v) is 7.66. The van der Waals surface area contributed by atoms with Gasteiger partial charge in [-0.1, -0.05) is 60.7 Å². The molecular formula is C25H20N2O6. The normalized spacial score (nSPS) is 22.4. The third kappa shape index (κ3) is 3.87. The Morgan fingerprint density at radius 2 is 1.73 bits per heavy atom. The summed E-state index contributed by atoms with van der Waals surface area (Å²) >= 11 is 0. The number of ether oxygens (including phenoxy) is 2. The lowest BCUT2D eigenvalue weighted by Gasteiger charge is -2.48. The van der Waals surface area contributed by atoms with Gasteiger partial charge in [0.1, 0.15) is 18.5 Å². The van der Waals surface area contributed by atoms with Crippen LogP contribution >= 0.6 is 0 Å². The molecule has 33 heavy (non-hydrogen) atoms. The summed E-state index contributed by atoms with van der Waals surface area (Å²) < 4.78 is 15.8. The van der Waals surface area contributed by atoms with Crippen LogP contribution in [0.2, 0.25) is 0 Å². The zero-order valence-corrected chi connectivity index (χ0v) is 17.4. The lowest BCUT2D eigenvalue weighted by atomic mass is 9.90. The van der Waals surface area contributed by atoms with Gasteiger partial charge >= 0.3 is 12.2 Å². The molecule has 0 N–H and O–H groups in total. The number of imide groups is 1. The lowest BCUT2D eigenvalue weighted by molar-refractivity contribution is -0.157. The standard InChI is InChI=1S/C25H20N2O6/c28-23-20(12-11-17-13-14-31-15-17)22(27(23)25(30)33-19-9-5-2-6-10-19)26-21(16-32-24(26)29)18-7-3-1-4-8-18/h1-15,20-22H,16H2/t20-,21-,22-/m1/s1. The van der Waals surface area contributed by atoms with Gasteiger partial charge in [-0.25, -0.2) is 14.5 Å². The Morgan fingerprint density at radius 3 is 2.42 bits per heavy atom. The SMILES string of the molecule is O=C(Oc1ccccc1)N1C(=O)[C@H](C=Cc2ccoc2)[C@@H]1N1C(=O)OC[C@@H]1c1ccccc1. The van der Waals surface area contributed by atoms with Gasteiger partial charge in [-0.3, -0.25) is 9.69 Å². The molecular weight excluding hydrogens is 424 g/mol. The van der Waals surface area contributed by atoms with Crippen molar-refractivity contribution >= 4 is 24.2 Å². The maximum absolute atomic E-state index is 13.0. The van der Waals surface area contributed by atoms with Crippen LogP contribution in [0.4, 0.5) is 9.59 Å². The zero-order chi connectivity index (χ0) is 22.8. The summed E-state index contributed by atoms with van der Waals surface area (Å²) in [6.45, 7) is 0.118. The Kier molecular flexibility index (Phi) is 5.40. The van der Waals surface area contributed by atoms with Crippen molar-refractivity contribution in [1.29, 1.82) is 0 Å². The Bertz CT molecular complexity index is 1180. The minimum atomic E-state index is -0.892. The summed E-state index contributed by atoms with van der Waals surface area (Å²) in [6.07, 6.45) is 4.10. The molecule has 0 aliphatic carbocycles. The molecule has 8 heteroatoms. The van der Waals surface area contributed by atoms with E-state index in [1.165, 1.54) is 17.4 Å². The summed E-state index contributed by atoms with van der Waals surface area (Å²) in [5.41, 5.74) is 1.60. The van der Waals surface area contributed by atoms with E-state index in [9.17, 15) is 14.4 Å². The van der Waals surface area contributed by atoms with Crippen LogP contribution in [0.25, 0.3) is 6.08 Å². The molecule has 2 fully saturated rings. The van der Waals surface area contributed by atoms with Crippen LogP contribution in [0.15, 0.2) is 89.7 Å². The summed E-state index contributed by atoms with van der Waals surface area (Å²) in [4.78, 5) is 41.2. The predicted molar refractivity (Wildman–Crippen MR) is 117 cm³/mol. The molecule has 0 radical (unpaired) electrons. The third-order valence-corrected chi connectivity index (χ3v) is 5.67. The molecule has 2 aromatic carbocycles. The summed E-state index contributed by atoms with van der Waals surface area (Å²) in [5, 5.41) is 0. The number of likely N-dealkylation sites (tertiary alicyclic amines) is 1. The molecule has 0 spiro atoms. The number of para-hydroxylation sites is 1. The number of hydrogen-bond acceptors (Lipinski definition) is 6. The van der Waals surface area contributed by atoms with Gasteiger partial charge in [0, 0.05) is 5.56 Å². The smallest absolute Gasteiger partial charge is 0.423 e. The average molecular weight is 444 g/mol. The van der Waals surface area contributed by atoms with Gasteiger partial charge in [0.25, 0.3) is 0 Å². The van der Waals surface area contributed by atoms with Gasteiger partial charge < -0.3 is 13.9 Å². The fraction of sp³-hybridized carbons (Fsp3) is 0.160. The fourth-order valence-corrected chi connectivity index (χ4v) is 4.05. The van der Waals surface area contributed by atoms with E-state index in [-0.39, 0.29) is 6.61 Å². The third-order valence-electron chi connectivity index (χ3n) is 5.67. The van der Waals surface area contributed by atoms with Crippen LogP contribution < -0.4 is 4.74 Å². The van der Waals surface area contributed by atoms with Crippen LogP contribution in [0.1, 0.15) is 17.2 Å². The first-order valence-electron chi connectivity index (χ1n) is 10.4. The number of nitrogens with zero attached hydrogens (tertiary/aromatic N) is 2. The molecule has 0 unspecified atom stereocenters. The molecule has 3 atom stereocenters. The quantitative estimate of drug-likeness (QED) is 0.540. The van der Waals surface area contributed by atoms with Crippen molar-refractivity contribution in [3.63, 3.8) is 0 Å². The Hall–Kier alpha value is -4.33. The van der Waals surface area contributed by atoms with E-state index in [1.807, 2.05) is 30.3 Å². The first-order chi connectivity index (χ1) is 16.1. The molecule has 0 bridgehead atoms. The Labute approximate surface area is 189 Å². The fourth-order valence-electron chi connectivity index (χ4n) is 4.05. The van der Waals surface area contributed by atoms with Crippen LogP contribution in [-0.2, 0) is 9.53 Å². The van der Waals surface area contributed by atoms with Crippen LogP contribution in [0.5, 0.6) is 5.75 Å². The first-order valence-corrected chi connectivity index (χ1v) is 10.4. The minimum Gasteiger partial charge on any atom is -0.472 e. The van der Waals surface area contributed by atoms with Crippen molar-refractivity contribution < 1.29 is 28.3 Å². The number of hydrogen-bond donors (Lipinski definition) is 0. The average Bonchev–Trinajstić information content (AvgIpc) is 3.48. The van der Waals surface area contributed by atoms with E-state index in [0.717, 1.165) is 16.0 Å². The highest BCUT2D eigenvalue weighted by atomic mass is 16.6. The second-order valence-electron chi connectivity index (χ2n) is 7.66. The highest BCUT2D eigenvalue weighted by molar-refractivity contribution is 6.02. The van der Waals surface area contributed by atoms with Crippen molar-refractivity contribution in [1.82, 2.24) is 9.80 Å². The second kappa shape index (κ2) is 8.66. The van der Waals surface area contributed by atoms with Crippen LogP contribution in [0, 0.1) is 5.92 Å². The summed E-state index contributed by atoms with van der Waals surface area (Å²) in [6, 6.07) is 19.1. The number of carbonyl (C=O) groups is 3. The number of cyclic esters (lactones) is 1. The molecule has 3 aromatic rings. The van der Waals surface area contributed by atoms with Crippen molar-refractivity contribution in [2.45, 2.75) is 12.2 Å². The molecule has 3 amide bonds. The molecule has 2 aliphatic heterocycles. The summed E-state index contributed by atoms with van der Waals surface area (Å²) in [5.74, 6) is -0.915.